The highest BCUT2D eigenvalue weighted by molar-refractivity contribution is 7.70. The van der Waals surface area contributed by atoms with E-state index in [4.69, 9.17) is 4.74 Å². The van der Waals surface area contributed by atoms with Gasteiger partial charge in [-0.25, -0.2) is 4.98 Å². The molecular formula is C16H25N4O2P. The summed E-state index contributed by atoms with van der Waals surface area (Å²) < 4.78 is 19.8. The van der Waals surface area contributed by atoms with Gasteiger partial charge in [0.15, 0.2) is 5.82 Å². The summed E-state index contributed by atoms with van der Waals surface area (Å²) in [4.78, 5) is 4.31. The first-order valence-electron chi connectivity index (χ1n) is 7.60. The van der Waals surface area contributed by atoms with Crippen molar-refractivity contribution in [1.29, 1.82) is 0 Å². The summed E-state index contributed by atoms with van der Waals surface area (Å²) in [5.74, 6) is 1.75. The molecule has 0 atom stereocenters. The molecule has 0 aliphatic rings. The molecule has 23 heavy (non-hydrogen) atoms. The molecule has 1 aromatic carbocycles. The molecule has 0 aliphatic carbocycles. The van der Waals surface area contributed by atoms with Crippen molar-refractivity contribution >= 4 is 18.1 Å². The Morgan fingerprint density at radius 2 is 2.04 bits per heavy atom. The van der Waals surface area contributed by atoms with E-state index in [1.165, 1.54) is 0 Å². The van der Waals surface area contributed by atoms with Crippen LogP contribution in [0.25, 0.3) is 11.4 Å². The fraction of sp³-hybridized carbons (Fsp3) is 0.500. The van der Waals surface area contributed by atoms with Gasteiger partial charge in [-0.05, 0) is 31.4 Å². The molecule has 2 rings (SSSR count). The number of rotatable bonds is 6. The summed E-state index contributed by atoms with van der Waals surface area (Å²) in [7, 11) is 0.927. The molecule has 126 valence electrons. The lowest BCUT2D eigenvalue weighted by atomic mass is 10.1. The van der Waals surface area contributed by atoms with Crippen molar-refractivity contribution in [2.75, 3.05) is 32.3 Å². The number of hydrogen-bond acceptors (Lipinski definition) is 5. The number of nitrogens with zero attached hydrogens (tertiary/aromatic N) is 3. The molecule has 0 bridgehead atoms. The van der Waals surface area contributed by atoms with Crippen LogP contribution in [0.3, 0.4) is 0 Å². The molecule has 1 aromatic heterocycles. The largest absolute Gasteiger partial charge is 0.495 e. The van der Waals surface area contributed by atoms with Crippen molar-refractivity contribution in [2.24, 2.45) is 13.0 Å². The maximum atomic E-state index is 12.7. The van der Waals surface area contributed by atoms with Crippen molar-refractivity contribution in [3.8, 4) is 17.1 Å². The monoisotopic (exact) mass is 336 g/mol. The zero-order valence-electron chi connectivity index (χ0n) is 14.6. The molecule has 0 spiro atoms. The van der Waals surface area contributed by atoms with Gasteiger partial charge in [-0.1, -0.05) is 13.8 Å². The van der Waals surface area contributed by atoms with Crippen LogP contribution in [0.5, 0.6) is 5.75 Å². The fourth-order valence-electron chi connectivity index (χ4n) is 2.28. The Balaban J connectivity index is 2.60. The Labute approximate surface area is 137 Å². The van der Waals surface area contributed by atoms with Gasteiger partial charge in [0.05, 0.1) is 12.8 Å². The third-order valence-corrected chi connectivity index (χ3v) is 4.97. The lowest BCUT2D eigenvalue weighted by molar-refractivity contribution is 0.416. The minimum atomic E-state index is -2.51. The highest BCUT2D eigenvalue weighted by atomic mass is 31.2. The van der Waals surface area contributed by atoms with E-state index in [0.29, 0.717) is 17.5 Å². The molecule has 1 N–H and O–H groups in total. The average molecular weight is 336 g/mol. The Bertz CT molecular complexity index is 734. The average Bonchev–Trinajstić information content (AvgIpc) is 2.89. The van der Waals surface area contributed by atoms with Crippen LogP contribution in [0.4, 0.5) is 5.69 Å². The summed E-state index contributed by atoms with van der Waals surface area (Å²) in [6.07, 6.45) is 1.64. The van der Waals surface area contributed by atoms with Gasteiger partial charge in [-0.3, -0.25) is 4.68 Å². The first kappa shape index (κ1) is 17.5. The van der Waals surface area contributed by atoms with Crippen molar-refractivity contribution in [1.82, 2.24) is 14.8 Å². The van der Waals surface area contributed by atoms with Gasteiger partial charge in [0.2, 0.25) is 0 Å². The zero-order valence-corrected chi connectivity index (χ0v) is 15.5. The molecule has 0 saturated carbocycles. The van der Waals surface area contributed by atoms with Crippen molar-refractivity contribution in [3.63, 3.8) is 0 Å². The Hall–Kier alpha value is -1.81. The van der Waals surface area contributed by atoms with Gasteiger partial charge in [0, 0.05) is 24.5 Å². The van der Waals surface area contributed by atoms with Crippen LogP contribution in [-0.2, 0) is 11.6 Å². The van der Waals surface area contributed by atoms with Crippen LogP contribution in [0, 0.1) is 5.92 Å². The van der Waals surface area contributed by atoms with E-state index in [1.54, 1.807) is 31.4 Å². The highest BCUT2D eigenvalue weighted by Crippen LogP contribution is 2.42. The normalized spacial score (nSPS) is 11.8. The van der Waals surface area contributed by atoms with Gasteiger partial charge < -0.3 is 14.6 Å². The second-order valence-electron chi connectivity index (χ2n) is 6.44. The lowest BCUT2D eigenvalue weighted by Crippen LogP contribution is -2.14. The van der Waals surface area contributed by atoms with E-state index >= 15 is 0 Å². The van der Waals surface area contributed by atoms with Crippen molar-refractivity contribution < 1.29 is 9.30 Å². The quantitative estimate of drug-likeness (QED) is 0.822. The molecule has 0 saturated heterocycles. The number of benzene rings is 1. The molecule has 0 amide bonds. The lowest BCUT2D eigenvalue weighted by Gasteiger charge is -2.18. The van der Waals surface area contributed by atoms with Gasteiger partial charge >= 0.3 is 0 Å². The number of anilines is 1. The SMILES string of the molecule is COc1cc(P(C)(C)=O)c(-c2ncn(C)n2)cc1NCC(C)C. The van der Waals surface area contributed by atoms with Gasteiger partial charge in [0.1, 0.15) is 19.2 Å². The fourth-order valence-corrected chi connectivity index (χ4v) is 3.45. The van der Waals surface area contributed by atoms with E-state index in [2.05, 4.69) is 29.2 Å². The predicted molar refractivity (Wildman–Crippen MR) is 95.4 cm³/mol. The number of hydrogen-bond donors (Lipinski definition) is 1. The molecular weight excluding hydrogens is 311 g/mol. The van der Waals surface area contributed by atoms with E-state index in [1.807, 2.05) is 19.2 Å². The molecule has 0 fully saturated rings. The van der Waals surface area contributed by atoms with Crippen LogP contribution in [-0.4, -0.2) is 41.7 Å². The standard InChI is InChI=1S/C16H25N4O2P/c1-11(2)9-17-13-7-12(16-18-10-20(3)19-16)15(23(5,6)21)8-14(13)22-4/h7-8,10-11,17H,9H2,1-6H3. The van der Waals surface area contributed by atoms with Gasteiger partial charge in [-0.2, -0.15) is 5.10 Å². The minimum absolute atomic E-state index is 0.499. The summed E-state index contributed by atoms with van der Waals surface area (Å²) in [6, 6.07) is 3.78. The maximum absolute atomic E-state index is 12.7. The summed E-state index contributed by atoms with van der Waals surface area (Å²) in [5, 5.41) is 8.48. The van der Waals surface area contributed by atoms with Gasteiger partial charge in [-0.15, -0.1) is 0 Å². The number of ether oxygens (including phenoxy) is 1. The Kier molecular flexibility index (Phi) is 5.15. The topological polar surface area (TPSA) is 69.0 Å². The predicted octanol–water partition coefficient (Wildman–Crippen LogP) is 2.81. The molecule has 0 radical (unpaired) electrons. The van der Waals surface area contributed by atoms with Crippen LogP contribution in [0.15, 0.2) is 18.5 Å². The summed E-state index contributed by atoms with van der Waals surface area (Å²) in [5.41, 5.74) is 1.65. The first-order chi connectivity index (χ1) is 10.7. The van der Waals surface area contributed by atoms with Crippen LogP contribution < -0.4 is 15.4 Å². The maximum Gasteiger partial charge on any atom is 0.181 e. The number of methoxy groups -OCH3 is 1. The van der Waals surface area contributed by atoms with Crippen molar-refractivity contribution in [2.45, 2.75) is 13.8 Å². The summed E-state index contributed by atoms with van der Waals surface area (Å²) in [6.45, 7) is 8.59. The molecule has 2 aromatic rings. The van der Waals surface area contributed by atoms with Crippen LogP contribution >= 0.6 is 7.14 Å². The van der Waals surface area contributed by atoms with E-state index in [9.17, 15) is 4.57 Å². The van der Waals surface area contributed by atoms with E-state index in [0.717, 1.165) is 23.1 Å². The number of aromatic nitrogens is 3. The van der Waals surface area contributed by atoms with Gasteiger partial charge in [0.25, 0.3) is 0 Å². The van der Waals surface area contributed by atoms with Crippen molar-refractivity contribution in [3.05, 3.63) is 18.5 Å². The number of aryl methyl sites for hydroxylation is 1. The molecule has 0 aliphatic heterocycles. The minimum Gasteiger partial charge on any atom is -0.495 e. The molecule has 1 heterocycles. The molecule has 0 unspecified atom stereocenters. The van der Waals surface area contributed by atoms with Crippen LogP contribution in [0.1, 0.15) is 13.8 Å². The van der Waals surface area contributed by atoms with Crippen LogP contribution in [0.2, 0.25) is 0 Å². The number of nitrogens with one attached hydrogen (secondary N) is 1. The van der Waals surface area contributed by atoms with E-state index < -0.39 is 7.14 Å². The molecule has 7 heteroatoms. The second kappa shape index (κ2) is 6.75. The third-order valence-electron chi connectivity index (χ3n) is 3.44. The third kappa shape index (κ3) is 4.14. The highest BCUT2D eigenvalue weighted by Gasteiger charge is 2.22. The zero-order chi connectivity index (χ0) is 17.2. The van der Waals surface area contributed by atoms with E-state index in [-0.39, 0.29) is 0 Å². The smallest absolute Gasteiger partial charge is 0.181 e. The Morgan fingerprint density at radius 3 is 2.52 bits per heavy atom. The molecule has 6 nitrogen and oxygen atoms in total. The Morgan fingerprint density at radius 1 is 1.35 bits per heavy atom. The first-order valence-corrected chi connectivity index (χ1v) is 10.2. The second-order valence-corrected chi connectivity index (χ2v) is 9.62. The summed E-state index contributed by atoms with van der Waals surface area (Å²) >= 11 is 0.